The fraction of sp³-hybridized carbons (Fsp3) is 0. The third-order valence-corrected chi connectivity index (χ3v) is 0. The van der Waals surface area contributed by atoms with Crippen LogP contribution in [-0.4, -0.2) is 51.5 Å². The predicted octanol–water partition coefficient (Wildman–Crippen LogP) is -10.5. The molecule has 88 valence electrons. The van der Waals surface area contributed by atoms with Crippen molar-refractivity contribution in [2.45, 2.75) is 0 Å². The number of rotatable bonds is 0. The molecular weight excluding hydrogens is 318 g/mol. The van der Waals surface area contributed by atoms with Crippen LogP contribution in [0.3, 0.4) is 0 Å². The maximum Gasteiger partial charge on any atom is 1.00 e. The molecule has 0 radical (unpaired) electrons. The van der Waals surface area contributed by atoms with Gasteiger partial charge in [-0.15, -0.1) is 0 Å². The standard InChI is InChI=1S/2K.2H2O4S.3H2O/c;;2*1-5(2,3)4;;;/h;;2*(H2,1,2,3,4);3*1H2/q2*+1;;;;;/p-2. The average molecular weight is 326 g/mol. The maximum atomic E-state index is 8.63. The minimum absolute atomic E-state index is 0. The summed E-state index contributed by atoms with van der Waals surface area (Å²) in [6.07, 6.45) is 0. The van der Waals surface area contributed by atoms with Crippen LogP contribution in [0.25, 0.3) is 0 Å². The summed E-state index contributed by atoms with van der Waals surface area (Å²) in [5.74, 6) is 0. The second-order valence-corrected chi connectivity index (χ2v) is 2.57. The molecular formula is H8K2O11S2. The molecule has 15 heavy (non-hydrogen) atoms. The molecule has 0 aliphatic heterocycles. The molecule has 0 aliphatic carbocycles. The summed E-state index contributed by atoms with van der Waals surface area (Å²) in [7, 11) is -9.83. The van der Waals surface area contributed by atoms with E-state index in [1.165, 1.54) is 0 Å². The van der Waals surface area contributed by atoms with Gasteiger partial charge in [0, 0.05) is 0 Å². The summed E-state index contributed by atoms with van der Waals surface area (Å²) >= 11 is 0. The molecule has 0 aromatic carbocycles. The molecule has 0 fully saturated rings. The summed E-state index contributed by atoms with van der Waals surface area (Å²) in [5.41, 5.74) is 0. The second kappa shape index (κ2) is 19.2. The van der Waals surface area contributed by atoms with Crippen molar-refractivity contribution in [2.75, 3.05) is 0 Å². The van der Waals surface area contributed by atoms with Crippen molar-refractivity contribution in [1.82, 2.24) is 0 Å². The maximum absolute atomic E-state index is 8.63. The van der Waals surface area contributed by atoms with Crippen molar-refractivity contribution in [3.63, 3.8) is 0 Å². The Balaban J connectivity index is -0.0000000128. The monoisotopic (exact) mass is 326 g/mol. The van der Waals surface area contributed by atoms with Crippen molar-refractivity contribution < 1.29 is 154 Å². The van der Waals surface area contributed by atoms with Crippen molar-refractivity contribution in [3.8, 4) is 0 Å². The Morgan fingerprint density at radius 3 is 0.667 bits per heavy atom. The van der Waals surface area contributed by atoms with Crippen molar-refractivity contribution in [3.05, 3.63) is 0 Å². The predicted molar refractivity (Wildman–Crippen MR) is 35.5 cm³/mol. The third kappa shape index (κ3) is 448. The molecule has 11 nitrogen and oxygen atoms in total. The summed E-state index contributed by atoms with van der Waals surface area (Å²) in [6, 6.07) is 0. The van der Waals surface area contributed by atoms with Gasteiger partial charge in [0.1, 0.15) is 0 Å². The van der Waals surface area contributed by atoms with Crippen molar-refractivity contribution in [2.24, 2.45) is 0 Å². The van der Waals surface area contributed by atoms with E-state index in [2.05, 4.69) is 0 Å². The molecule has 0 heterocycles. The van der Waals surface area contributed by atoms with Crippen molar-refractivity contribution >= 4 is 20.8 Å². The van der Waals surface area contributed by atoms with E-state index in [1.807, 2.05) is 0 Å². The van der Waals surface area contributed by atoms with E-state index in [9.17, 15) is 0 Å². The Labute approximate surface area is 171 Å². The first-order valence-corrected chi connectivity index (χ1v) is 4.10. The Morgan fingerprint density at radius 1 is 0.667 bits per heavy atom. The van der Waals surface area contributed by atoms with Gasteiger partial charge in [0.2, 0.25) is 20.8 Å². The second-order valence-electron chi connectivity index (χ2n) is 0.855. The van der Waals surface area contributed by atoms with Gasteiger partial charge < -0.3 is 25.5 Å². The Bertz CT molecular complexity index is 213. The average Bonchev–Trinajstić information content (AvgIpc) is 1.12. The summed E-state index contributed by atoms with van der Waals surface area (Å²) < 4.78 is 65.7. The number of hydrogen-bond donors (Lipinski definition) is 2. The fourth-order valence-electron chi connectivity index (χ4n) is 0. The van der Waals surface area contributed by atoms with E-state index in [4.69, 9.17) is 35.0 Å². The SMILES string of the molecule is O.O.O.O=S(=O)([O-])O.O=S(=O)([O-])O.[K+].[K+]. The normalized spacial score (nSPS) is 7.73. The van der Waals surface area contributed by atoms with Gasteiger partial charge in [-0.1, -0.05) is 0 Å². The molecule has 0 aromatic rings. The van der Waals surface area contributed by atoms with Gasteiger partial charge in [-0.2, -0.15) is 0 Å². The molecule has 0 rings (SSSR count). The molecule has 0 saturated heterocycles. The van der Waals surface area contributed by atoms with Crippen LogP contribution in [0, 0.1) is 0 Å². The largest absolute Gasteiger partial charge is 1.00 e. The van der Waals surface area contributed by atoms with Crippen LogP contribution in [0.5, 0.6) is 0 Å². The van der Waals surface area contributed by atoms with Gasteiger partial charge in [-0.3, -0.25) is 9.11 Å². The fourth-order valence-corrected chi connectivity index (χ4v) is 0. The minimum Gasteiger partial charge on any atom is -0.726 e. The van der Waals surface area contributed by atoms with Gasteiger partial charge in [-0.05, 0) is 0 Å². The van der Waals surface area contributed by atoms with Crippen LogP contribution in [0.15, 0.2) is 0 Å². The van der Waals surface area contributed by atoms with Gasteiger partial charge in [0.25, 0.3) is 0 Å². The molecule has 8 N–H and O–H groups in total. The quantitative estimate of drug-likeness (QED) is 0.245. The summed E-state index contributed by atoms with van der Waals surface area (Å²) in [4.78, 5) is 0. The third-order valence-electron chi connectivity index (χ3n) is 0. The molecule has 0 spiro atoms. The van der Waals surface area contributed by atoms with Gasteiger partial charge in [0.05, 0.1) is 0 Å². The van der Waals surface area contributed by atoms with E-state index >= 15 is 0 Å². The zero-order valence-corrected chi connectivity index (χ0v) is 15.5. The molecule has 0 aromatic heterocycles. The molecule has 0 atom stereocenters. The number of hydrogen-bond acceptors (Lipinski definition) is 6. The van der Waals surface area contributed by atoms with Gasteiger partial charge in [-0.25, -0.2) is 16.8 Å². The van der Waals surface area contributed by atoms with E-state index < -0.39 is 20.8 Å². The van der Waals surface area contributed by atoms with E-state index in [1.54, 1.807) is 0 Å². The molecule has 0 bridgehead atoms. The van der Waals surface area contributed by atoms with E-state index in [0.717, 1.165) is 0 Å². The van der Waals surface area contributed by atoms with Gasteiger partial charge >= 0.3 is 103 Å². The zero-order chi connectivity index (χ0) is 9.00. The summed E-state index contributed by atoms with van der Waals surface area (Å²) in [6.45, 7) is 0. The molecule has 15 heteroatoms. The smallest absolute Gasteiger partial charge is 0.726 e. The van der Waals surface area contributed by atoms with Crippen LogP contribution in [0.4, 0.5) is 0 Å². The molecule has 0 unspecified atom stereocenters. The molecule has 0 aliphatic rings. The summed E-state index contributed by atoms with van der Waals surface area (Å²) in [5, 5.41) is 0. The van der Waals surface area contributed by atoms with Gasteiger partial charge in [0.15, 0.2) is 0 Å². The van der Waals surface area contributed by atoms with Crippen LogP contribution >= 0.6 is 0 Å². The van der Waals surface area contributed by atoms with E-state index in [-0.39, 0.29) is 119 Å². The molecule has 0 saturated carbocycles. The Kier molecular flexibility index (Phi) is 55.2. The topological polar surface area (TPSA) is 249 Å². The zero-order valence-electron chi connectivity index (χ0n) is 7.66. The van der Waals surface area contributed by atoms with Crippen LogP contribution in [-0.2, 0) is 20.8 Å². The van der Waals surface area contributed by atoms with Crippen LogP contribution in [0.2, 0.25) is 0 Å². The van der Waals surface area contributed by atoms with Crippen LogP contribution < -0.4 is 103 Å². The first-order valence-electron chi connectivity index (χ1n) is 1.37. The first kappa shape index (κ1) is 43.0. The van der Waals surface area contributed by atoms with Crippen LogP contribution in [0.1, 0.15) is 0 Å². The van der Waals surface area contributed by atoms with E-state index in [0.29, 0.717) is 0 Å². The molecule has 0 amide bonds. The van der Waals surface area contributed by atoms with Crippen molar-refractivity contribution in [1.29, 1.82) is 0 Å². The minimum atomic E-state index is -4.92. The first-order chi connectivity index (χ1) is 4.00. The Hall–Kier alpha value is 2.89. The Morgan fingerprint density at radius 2 is 0.667 bits per heavy atom.